The molecule has 15 heteroatoms. The van der Waals surface area contributed by atoms with Crippen LogP contribution in [0.15, 0.2) is 0 Å². The quantitative estimate of drug-likeness (QED) is 0.117. The van der Waals surface area contributed by atoms with Crippen molar-refractivity contribution in [3.05, 3.63) is 0 Å². The lowest BCUT2D eigenvalue weighted by Crippen LogP contribution is -2.56. The molecule has 15 nitrogen and oxygen atoms in total. The molecule has 0 saturated carbocycles. The predicted octanol–water partition coefficient (Wildman–Crippen LogP) is -4.12. The van der Waals surface area contributed by atoms with Gasteiger partial charge in [0.05, 0.1) is 12.5 Å². The first-order valence-corrected chi connectivity index (χ1v) is 9.42. The summed E-state index contributed by atoms with van der Waals surface area (Å²) in [7, 11) is 0. The number of carbonyl (C=O) groups excluding carboxylic acids is 5. The number of carbonyl (C=O) groups is 7. The van der Waals surface area contributed by atoms with E-state index in [2.05, 4.69) is 10.6 Å². The second kappa shape index (κ2) is 13.5. The zero-order valence-electron chi connectivity index (χ0n) is 17.3. The van der Waals surface area contributed by atoms with Crippen LogP contribution in [0.2, 0.25) is 0 Å². The van der Waals surface area contributed by atoms with Crippen LogP contribution in [0.3, 0.4) is 0 Å². The van der Waals surface area contributed by atoms with Crippen molar-refractivity contribution in [2.75, 3.05) is 0 Å². The Morgan fingerprint density at radius 1 is 0.750 bits per heavy atom. The summed E-state index contributed by atoms with van der Waals surface area (Å²) < 4.78 is 0. The van der Waals surface area contributed by atoms with Crippen LogP contribution in [-0.4, -0.2) is 75.9 Å². The second-order valence-electron chi connectivity index (χ2n) is 6.91. The van der Waals surface area contributed by atoms with Crippen LogP contribution in [0.25, 0.3) is 0 Å². The van der Waals surface area contributed by atoms with Crippen molar-refractivity contribution < 1.29 is 43.8 Å². The van der Waals surface area contributed by atoms with Gasteiger partial charge in [-0.1, -0.05) is 0 Å². The fraction of sp³-hybridized carbons (Fsp3) is 0.588. The van der Waals surface area contributed by atoms with E-state index in [1.54, 1.807) is 0 Å². The summed E-state index contributed by atoms with van der Waals surface area (Å²) >= 11 is 0. The van der Waals surface area contributed by atoms with Crippen LogP contribution in [0.4, 0.5) is 0 Å². The monoisotopic (exact) mass is 460 g/mol. The number of hydrogen-bond donors (Lipinski definition) is 8. The summed E-state index contributed by atoms with van der Waals surface area (Å²) in [5, 5.41) is 24.4. The second-order valence-corrected chi connectivity index (χ2v) is 6.91. The molecule has 0 aromatic rings. The molecule has 4 atom stereocenters. The van der Waals surface area contributed by atoms with Gasteiger partial charge >= 0.3 is 11.9 Å². The zero-order chi connectivity index (χ0) is 25.0. The molecule has 0 aromatic heterocycles. The van der Waals surface area contributed by atoms with Crippen LogP contribution in [0.1, 0.15) is 39.0 Å². The Balaban J connectivity index is 5.16. The molecule has 0 radical (unpaired) electrons. The number of rotatable bonds is 15. The molecule has 0 aliphatic heterocycles. The van der Waals surface area contributed by atoms with Gasteiger partial charge in [-0.2, -0.15) is 0 Å². The van der Waals surface area contributed by atoms with Gasteiger partial charge in [0, 0.05) is 12.8 Å². The number of nitrogens with one attached hydrogen (secondary N) is 3. The lowest BCUT2D eigenvalue weighted by atomic mass is 10.1. The Kier molecular flexibility index (Phi) is 11.9. The summed E-state index contributed by atoms with van der Waals surface area (Å²) in [6.07, 6.45) is -1.90. The molecule has 0 spiro atoms. The molecule has 32 heavy (non-hydrogen) atoms. The lowest BCUT2D eigenvalue weighted by Gasteiger charge is -2.23. The van der Waals surface area contributed by atoms with E-state index in [1.807, 2.05) is 5.32 Å². The van der Waals surface area contributed by atoms with Gasteiger partial charge < -0.3 is 43.4 Å². The van der Waals surface area contributed by atoms with Gasteiger partial charge in [-0.05, 0) is 19.8 Å². The number of aliphatic carboxylic acids is 2. The molecular formula is C17H28N6O9. The molecule has 0 saturated heterocycles. The molecule has 11 N–H and O–H groups in total. The maximum Gasteiger partial charge on any atom is 0.326 e. The highest BCUT2D eigenvalue weighted by Crippen LogP contribution is 2.02. The molecule has 0 aliphatic carbocycles. The average Bonchev–Trinajstić information content (AvgIpc) is 2.67. The number of amides is 5. The van der Waals surface area contributed by atoms with Crippen LogP contribution < -0.4 is 33.2 Å². The highest BCUT2D eigenvalue weighted by atomic mass is 16.4. The summed E-state index contributed by atoms with van der Waals surface area (Å²) in [6.45, 7) is 1.26. The van der Waals surface area contributed by atoms with Gasteiger partial charge in [-0.3, -0.25) is 28.8 Å². The largest absolute Gasteiger partial charge is 0.481 e. The first kappa shape index (κ1) is 28.2. The fourth-order valence-corrected chi connectivity index (χ4v) is 2.32. The molecule has 0 aromatic carbocycles. The topological polar surface area (TPSA) is 274 Å². The third-order valence-corrected chi connectivity index (χ3v) is 4.09. The van der Waals surface area contributed by atoms with E-state index < -0.39 is 84.9 Å². The van der Waals surface area contributed by atoms with Gasteiger partial charge in [0.2, 0.25) is 29.5 Å². The number of carboxylic acid groups (broad SMARTS) is 2. The summed E-state index contributed by atoms with van der Waals surface area (Å²) in [5.41, 5.74) is 15.5. The molecule has 0 fully saturated rings. The van der Waals surface area contributed by atoms with Gasteiger partial charge in [-0.15, -0.1) is 0 Å². The van der Waals surface area contributed by atoms with E-state index in [0.29, 0.717) is 0 Å². The van der Waals surface area contributed by atoms with Crippen LogP contribution in [0, 0.1) is 0 Å². The van der Waals surface area contributed by atoms with Crippen molar-refractivity contribution in [3.8, 4) is 0 Å². The van der Waals surface area contributed by atoms with E-state index in [4.69, 9.17) is 27.4 Å². The summed E-state index contributed by atoms with van der Waals surface area (Å²) in [4.78, 5) is 80.5. The average molecular weight is 460 g/mol. The lowest BCUT2D eigenvalue weighted by molar-refractivity contribution is -0.144. The Morgan fingerprint density at radius 3 is 1.78 bits per heavy atom. The van der Waals surface area contributed by atoms with Crippen molar-refractivity contribution in [1.29, 1.82) is 0 Å². The predicted molar refractivity (Wildman–Crippen MR) is 106 cm³/mol. The third-order valence-electron chi connectivity index (χ3n) is 4.09. The first-order chi connectivity index (χ1) is 14.7. The highest BCUT2D eigenvalue weighted by molar-refractivity contribution is 5.95. The van der Waals surface area contributed by atoms with Crippen molar-refractivity contribution in [2.45, 2.75) is 63.2 Å². The Bertz CT molecular complexity index is 757. The van der Waals surface area contributed by atoms with Gasteiger partial charge in [0.1, 0.15) is 18.1 Å². The summed E-state index contributed by atoms with van der Waals surface area (Å²) in [6, 6.07) is -5.53. The highest BCUT2D eigenvalue weighted by Gasteiger charge is 2.29. The van der Waals surface area contributed by atoms with E-state index in [1.165, 1.54) is 6.92 Å². The molecular weight excluding hydrogens is 432 g/mol. The number of primary amides is 2. The number of carboxylic acids is 2. The Labute approximate surface area is 182 Å². The maximum absolute atomic E-state index is 12.4. The van der Waals surface area contributed by atoms with E-state index in [-0.39, 0.29) is 12.8 Å². The minimum Gasteiger partial charge on any atom is -0.481 e. The van der Waals surface area contributed by atoms with E-state index in [0.717, 1.165) is 0 Å². The maximum atomic E-state index is 12.4. The van der Waals surface area contributed by atoms with Gasteiger partial charge in [-0.25, -0.2) is 4.79 Å². The molecule has 4 unspecified atom stereocenters. The molecule has 5 amide bonds. The van der Waals surface area contributed by atoms with Crippen LogP contribution >= 0.6 is 0 Å². The smallest absolute Gasteiger partial charge is 0.326 e. The number of hydrogen-bond acceptors (Lipinski definition) is 8. The minimum atomic E-state index is -1.69. The van der Waals surface area contributed by atoms with Gasteiger partial charge in [0.25, 0.3) is 0 Å². The molecule has 0 rings (SSSR count). The van der Waals surface area contributed by atoms with Crippen molar-refractivity contribution in [2.24, 2.45) is 17.2 Å². The minimum absolute atomic E-state index is 0.0599. The molecule has 0 aliphatic rings. The van der Waals surface area contributed by atoms with Crippen molar-refractivity contribution >= 4 is 41.5 Å². The van der Waals surface area contributed by atoms with E-state index >= 15 is 0 Å². The zero-order valence-corrected chi connectivity index (χ0v) is 17.3. The normalized spacial score (nSPS) is 14.2. The Morgan fingerprint density at radius 2 is 1.31 bits per heavy atom. The fourth-order valence-electron chi connectivity index (χ4n) is 2.32. The first-order valence-electron chi connectivity index (χ1n) is 9.42. The van der Waals surface area contributed by atoms with Crippen LogP contribution in [0.5, 0.6) is 0 Å². The van der Waals surface area contributed by atoms with Gasteiger partial charge in [0.15, 0.2) is 0 Å². The number of nitrogens with two attached hydrogens (primary N) is 3. The SMILES string of the molecule is CC(NC(=O)C(N)CCC(N)=O)C(=O)NC(CCC(=O)O)C(=O)NC(CC(N)=O)C(=O)O. The molecule has 0 bridgehead atoms. The molecule has 180 valence electrons. The van der Waals surface area contributed by atoms with E-state index in [9.17, 15) is 33.6 Å². The van der Waals surface area contributed by atoms with Crippen molar-refractivity contribution in [1.82, 2.24) is 16.0 Å². The van der Waals surface area contributed by atoms with Crippen LogP contribution in [-0.2, 0) is 33.6 Å². The summed E-state index contributed by atoms with van der Waals surface area (Å²) in [5.74, 6) is -7.25. The molecule has 0 heterocycles. The standard InChI is InChI=1S/C17H28N6O9/c1-7(21-15(29)8(18)2-4-11(19)24)14(28)22-9(3-5-13(26)27)16(30)23-10(17(31)32)6-12(20)25/h7-10H,2-6,18H2,1H3,(H2,19,24)(H2,20,25)(H,21,29)(H,22,28)(H,23,30)(H,26,27)(H,31,32). The third kappa shape index (κ3) is 11.4. The Hall–Kier alpha value is -3.75. The van der Waals surface area contributed by atoms with Crippen molar-refractivity contribution in [3.63, 3.8) is 0 Å².